The van der Waals surface area contributed by atoms with Crippen LogP contribution >= 0.6 is 23.2 Å². The molecule has 0 radical (unpaired) electrons. The van der Waals surface area contributed by atoms with E-state index in [0.29, 0.717) is 0 Å². The number of halogens is 6. The number of alkyl halides is 4. The Morgan fingerprint density at radius 2 is 1.55 bits per heavy atom. The molecule has 1 aromatic rings. The summed E-state index contributed by atoms with van der Waals surface area (Å²) in [6.45, 7) is -2.04. The van der Waals surface area contributed by atoms with Gasteiger partial charge in [0.05, 0.1) is 4.90 Å². The summed E-state index contributed by atoms with van der Waals surface area (Å²) in [5, 5.41) is -0.153. The molecular formula is C10H8Cl2F4O3S. The second kappa shape index (κ2) is 5.67. The van der Waals surface area contributed by atoms with Crippen molar-refractivity contribution in [2.24, 2.45) is 0 Å². The molecule has 0 aliphatic rings. The lowest BCUT2D eigenvalue weighted by atomic mass is 10.2. The highest BCUT2D eigenvalue weighted by atomic mass is 35.5. The summed E-state index contributed by atoms with van der Waals surface area (Å²) in [6, 6.07) is 2.99. The van der Waals surface area contributed by atoms with Gasteiger partial charge in [-0.25, -0.2) is 8.78 Å². The van der Waals surface area contributed by atoms with Crippen molar-refractivity contribution in [3.05, 3.63) is 28.2 Å². The lowest BCUT2D eigenvalue weighted by molar-refractivity contribution is -0.210. The van der Waals surface area contributed by atoms with Crippen molar-refractivity contribution in [2.75, 3.05) is 6.61 Å². The van der Waals surface area contributed by atoms with Crippen LogP contribution in [0.25, 0.3) is 0 Å². The molecule has 1 aromatic carbocycles. The van der Waals surface area contributed by atoms with Gasteiger partial charge in [0.25, 0.3) is 10.1 Å². The van der Waals surface area contributed by atoms with Gasteiger partial charge in [-0.15, -0.1) is 0 Å². The van der Waals surface area contributed by atoms with Crippen molar-refractivity contribution in [3.8, 4) is 0 Å². The first kappa shape index (κ1) is 17.5. The fourth-order valence-corrected chi connectivity index (χ4v) is 2.66. The van der Waals surface area contributed by atoms with Crippen LogP contribution in [0.1, 0.15) is 6.92 Å². The van der Waals surface area contributed by atoms with Crippen LogP contribution in [-0.4, -0.2) is 26.9 Å². The van der Waals surface area contributed by atoms with E-state index < -0.39 is 33.5 Å². The zero-order chi connectivity index (χ0) is 15.8. The summed E-state index contributed by atoms with van der Waals surface area (Å²) in [5.41, 5.74) is 0. The highest BCUT2D eigenvalue weighted by Gasteiger charge is 2.53. The molecule has 0 heterocycles. The smallest absolute Gasteiger partial charge is 0.260 e. The summed E-state index contributed by atoms with van der Waals surface area (Å²) < 4.78 is 78.1. The first-order valence-corrected chi connectivity index (χ1v) is 7.13. The van der Waals surface area contributed by atoms with Gasteiger partial charge in [-0.2, -0.15) is 17.2 Å². The molecule has 20 heavy (non-hydrogen) atoms. The second-order valence-corrected chi connectivity index (χ2v) is 6.40. The molecule has 1 rings (SSSR count). The molecular weight excluding hydrogens is 347 g/mol. The largest absolute Gasteiger partial charge is 0.334 e. The van der Waals surface area contributed by atoms with Crippen LogP contribution in [0.15, 0.2) is 23.1 Å². The number of hydrogen-bond acceptors (Lipinski definition) is 3. The van der Waals surface area contributed by atoms with Crippen LogP contribution in [-0.2, 0) is 14.3 Å². The van der Waals surface area contributed by atoms with Gasteiger partial charge < -0.3 is 0 Å². The molecule has 0 aromatic heterocycles. The fourth-order valence-electron chi connectivity index (χ4n) is 1.02. The van der Waals surface area contributed by atoms with E-state index >= 15 is 0 Å². The van der Waals surface area contributed by atoms with Gasteiger partial charge in [-0.1, -0.05) is 23.2 Å². The van der Waals surface area contributed by atoms with Crippen molar-refractivity contribution in [2.45, 2.75) is 23.7 Å². The van der Waals surface area contributed by atoms with E-state index in [1.54, 1.807) is 0 Å². The van der Waals surface area contributed by atoms with Crippen LogP contribution in [0, 0.1) is 0 Å². The maximum absolute atomic E-state index is 12.9. The van der Waals surface area contributed by atoms with Crippen LogP contribution in [0.3, 0.4) is 0 Å². The molecule has 0 saturated carbocycles. The van der Waals surface area contributed by atoms with E-state index in [1.807, 2.05) is 0 Å². The molecule has 0 atom stereocenters. The van der Waals surface area contributed by atoms with Crippen molar-refractivity contribution in [1.29, 1.82) is 0 Å². The van der Waals surface area contributed by atoms with E-state index in [4.69, 9.17) is 23.2 Å². The van der Waals surface area contributed by atoms with Crippen LogP contribution in [0.5, 0.6) is 0 Å². The first-order chi connectivity index (χ1) is 8.85. The molecule has 0 fully saturated rings. The van der Waals surface area contributed by atoms with Crippen molar-refractivity contribution < 1.29 is 30.2 Å². The summed E-state index contributed by atoms with van der Waals surface area (Å²) >= 11 is 11.1. The zero-order valence-corrected chi connectivity index (χ0v) is 12.2. The Morgan fingerprint density at radius 3 is 1.95 bits per heavy atom. The minimum absolute atomic E-state index is 0.0424. The molecule has 114 valence electrons. The van der Waals surface area contributed by atoms with E-state index in [0.717, 1.165) is 12.1 Å². The van der Waals surface area contributed by atoms with E-state index in [1.165, 1.54) is 6.07 Å². The number of hydrogen-bond donors (Lipinski definition) is 0. The average Bonchev–Trinajstić information content (AvgIpc) is 2.24. The molecule has 0 aliphatic heterocycles. The quantitative estimate of drug-likeness (QED) is 0.593. The highest BCUT2D eigenvalue weighted by molar-refractivity contribution is 7.86. The Kier molecular flexibility index (Phi) is 4.95. The Bertz CT molecular complexity index is 579. The Balaban J connectivity index is 2.97. The molecule has 0 unspecified atom stereocenters. The third-order valence-electron chi connectivity index (χ3n) is 2.16. The first-order valence-electron chi connectivity index (χ1n) is 4.96. The zero-order valence-electron chi connectivity index (χ0n) is 9.84. The predicted molar refractivity (Wildman–Crippen MR) is 65.2 cm³/mol. The van der Waals surface area contributed by atoms with Gasteiger partial charge in [0.2, 0.25) is 0 Å². The van der Waals surface area contributed by atoms with E-state index in [2.05, 4.69) is 4.18 Å². The molecule has 0 N–H and O–H groups in total. The molecule has 3 nitrogen and oxygen atoms in total. The summed E-state index contributed by atoms with van der Waals surface area (Å²) in [7, 11) is -4.68. The monoisotopic (exact) mass is 354 g/mol. The van der Waals surface area contributed by atoms with Gasteiger partial charge in [-0.3, -0.25) is 4.18 Å². The molecule has 0 bridgehead atoms. The number of rotatable bonds is 5. The lowest BCUT2D eigenvalue weighted by Crippen LogP contribution is -2.42. The maximum Gasteiger partial charge on any atom is 0.334 e. The summed E-state index contributed by atoms with van der Waals surface area (Å²) in [4.78, 5) is -0.606. The van der Waals surface area contributed by atoms with Crippen LogP contribution < -0.4 is 0 Å². The van der Waals surface area contributed by atoms with Crippen molar-refractivity contribution in [1.82, 2.24) is 0 Å². The van der Waals surface area contributed by atoms with Gasteiger partial charge in [0.15, 0.2) is 0 Å². The third kappa shape index (κ3) is 4.21. The Hall–Kier alpha value is -0.570. The normalized spacial score (nSPS) is 13.6. The minimum Gasteiger partial charge on any atom is -0.260 e. The number of benzene rings is 1. The molecule has 0 saturated heterocycles. The van der Waals surface area contributed by atoms with Crippen molar-refractivity contribution >= 4 is 33.3 Å². The molecule has 10 heteroatoms. The lowest BCUT2D eigenvalue weighted by Gasteiger charge is -2.22. The summed E-state index contributed by atoms with van der Waals surface area (Å²) in [6.07, 6.45) is 0. The second-order valence-electron chi connectivity index (χ2n) is 3.91. The Morgan fingerprint density at radius 1 is 1.10 bits per heavy atom. The fraction of sp³-hybridized carbons (Fsp3) is 0.400. The van der Waals surface area contributed by atoms with Crippen LogP contribution in [0.2, 0.25) is 10.0 Å². The highest BCUT2D eigenvalue weighted by Crippen LogP contribution is 2.34. The third-order valence-corrected chi connectivity index (χ3v) is 3.84. The van der Waals surface area contributed by atoms with Crippen molar-refractivity contribution in [3.63, 3.8) is 0 Å². The van der Waals surface area contributed by atoms with Crippen LogP contribution in [0.4, 0.5) is 17.6 Å². The molecule has 0 aliphatic carbocycles. The molecule has 0 spiro atoms. The topological polar surface area (TPSA) is 43.4 Å². The standard InChI is InChI=1S/C10H8Cl2F4O3S/c1-9(13,14)10(15,16)5-19-20(17,18)8-3-6(11)2-7(12)4-8/h2-4H,5H2,1H3. The average molecular weight is 355 g/mol. The maximum atomic E-state index is 12.9. The van der Waals surface area contributed by atoms with Gasteiger partial charge in [-0.05, 0) is 18.2 Å². The SMILES string of the molecule is CC(F)(F)C(F)(F)COS(=O)(=O)c1cc(Cl)cc(Cl)c1. The minimum atomic E-state index is -4.68. The predicted octanol–water partition coefficient (Wildman–Crippen LogP) is 3.99. The van der Waals surface area contributed by atoms with E-state index in [-0.39, 0.29) is 17.0 Å². The van der Waals surface area contributed by atoms with E-state index in [9.17, 15) is 26.0 Å². The summed E-state index contributed by atoms with van der Waals surface area (Å²) in [5.74, 6) is -9.06. The van der Waals surface area contributed by atoms with Gasteiger partial charge in [0, 0.05) is 17.0 Å². The molecule has 0 amide bonds. The Labute approximate surface area is 122 Å². The van der Waals surface area contributed by atoms with Gasteiger partial charge in [0.1, 0.15) is 6.61 Å². The van der Waals surface area contributed by atoms with Gasteiger partial charge >= 0.3 is 11.8 Å².